The standard InChI is InChI=1S/C20H20N2O2/c23-20(22-15-13-17-8-4-5-14-21-17)12-10-18-9-11-19(24-18)16-6-2-1-3-7-16/h1-9,11,14H,10,12-13,15H2,(H,22,23). The van der Waals surface area contributed by atoms with Gasteiger partial charge in [0.1, 0.15) is 11.5 Å². The fourth-order valence-corrected chi connectivity index (χ4v) is 2.47. The number of aromatic nitrogens is 1. The molecule has 0 saturated heterocycles. The molecule has 0 aliphatic heterocycles. The van der Waals surface area contributed by atoms with Gasteiger partial charge in [-0.1, -0.05) is 36.4 Å². The summed E-state index contributed by atoms with van der Waals surface area (Å²) in [7, 11) is 0. The maximum Gasteiger partial charge on any atom is 0.220 e. The molecule has 0 fully saturated rings. The second-order valence-corrected chi connectivity index (χ2v) is 5.55. The van der Waals surface area contributed by atoms with E-state index in [-0.39, 0.29) is 5.91 Å². The van der Waals surface area contributed by atoms with E-state index in [4.69, 9.17) is 4.42 Å². The number of nitrogens with zero attached hydrogens (tertiary/aromatic N) is 1. The molecule has 3 rings (SSSR count). The normalized spacial score (nSPS) is 10.5. The molecule has 122 valence electrons. The molecule has 0 bridgehead atoms. The van der Waals surface area contributed by atoms with Crippen molar-refractivity contribution in [3.8, 4) is 11.3 Å². The third-order valence-corrected chi connectivity index (χ3v) is 3.75. The third-order valence-electron chi connectivity index (χ3n) is 3.75. The highest BCUT2D eigenvalue weighted by Crippen LogP contribution is 2.22. The first-order valence-electron chi connectivity index (χ1n) is 8.12. The van der Waals surface area contributed by atoms with Crippen LogP contribution in [0.5, 0.6) is 0 Å². The Balaban J connectivity index is 1.42. The monoisotopic (exact) mass is 320 g/mol. The van der Waals surface area contributed by atoms with E-state index in [0.29, 0.717) is 19.4 Å². The molecule has 4 heteroatoms. The number of hydrogen-bond acceptors (Lipinski definition) is 3. The van der Waals surface area contributed by atoms with Gasteiger partial charge in [0, 0.05) is 43.3 Å². The van der Waals surface area contributed by atoms with Crippen LogP contribution in [0.25, 0.3) is 11.3 Å². The van der Waals surface area contributed by atoms with E-state index in [1.165, 1.54) is 0 Å². The molecule has 1 aromatic carbocycles. The summed E-state index contributed by atoms with van der Waals surface area (Å²) in [6.07, 6.45) is 3.52. The van der Waals surface area contributed by atoms with Crippen molar-refractivity contribution in [3.63, 3.8) is 0 Å². The van der Waals surface area contributed by atoms with Gasteiger partial charge >= 0.3 is 0 Å². The highest BCUT2D eigenvalue weighted by atomic mass is 16.3. The van der Waals surface area contributed by atoms with E-state index in [0.717, 1.165) is 29.2 Å². The topological polar surface area (TPSA) is 55.1 Å². The van der Waals surface area contributed by atoms with Crippen LogP contribution in [-0.2, 0) is 17.6 Å². The van der Waals surface area contributed by atoms with Gasteiger partial charge in [0.15, 0.2) is 0 Å². The van der Waals surface area contributed by atoms with Crippen LogP contribution in [0.3, 0.4) is 0 Å². The lowest BCUT2D eigenvalue weighted by atomic mass is 10.2. The fourth-order valence-electron chi connectivity index (χ4n) is 2.47. The van der Waals surface area contributed by atoms with Crippen LogP contribution in [0.2, 0.25) is 0 Å². The van der Waals surface area contributed by atoms with Crippen LogP contribution >= 0.6 is 0 Å². The zero-order chi connectivity index (χ0) is 16.6. The zero-order valence-electron chi connectivity index (χ0n) is 13.4. The Morgan fingerprint density at radius 2 is 1.79 bits per heavy atom. The Kier molecular flexibility index (Phi) is 5.40. The molecule has 24 heavy (non-hydrogen) atoms. The Bertz CT molecular complexity index is 767. The number of aryl methyl sites for hydroxylation is 1. The van der Waals surface area contributed by atoms with E-state index in [1.807, 2.05) is 60.7 Å². The number of nitrogens with one attached hydrogen (secondary N) is 1. The van der Waals surface area contributed by atoms with Crippen molar-refractivity contribution in [1.82, 2.24) is 10.3 Å². The molecule has 4 nitrogen and oxygen atoms in total. The van der Waals surface area contributed by atoms with E-state index in [1.54, 1.807) is 6.20 Å². The van der Waals surface area contributed by atoms with Crippen molar-refractivity contribution in [3.05, 3.63) is 78.3 Å². The molecule has 3 aromatic rings. The molecule has 1 amide bonds. The predicted octanol–water partition coefficient (Wildman–Crippen LogP) is 3.63. The summed E-state index contributed by atoms with van der Waals surface area (Å²) in [5, 5.41) is 2.92. The van der Waals surface area contributed by atoms with Crippen LogP contribution in [0.15, 0.2) is 71.3 Å². The second-order valence-electron chi connectivity index (χ2n) is 5.55. The molecule has 0 atom stereocenters. The Labute approximate surface area is 141 Å². The van der Waals surface area contributed by atoms with Crippen LogP contribution in [0, 0.1) is 0 Å². The van der Waals surface area contributed by atoms with E-state index < -0.39 is 0 Å². The maximum atomic E-state index is 11.9. The molecule has 1 N–H and O–H groups in total. The van der Waals surface area contributed by atoms with Crippen LogP contribution in [-0.4, -0.2) is 17.4 Å². The second kappa shape index (κ2) is 8.11. The van der Waals surface area contributed by atoms with Crippen molar-refractivity contribution in [2.24, 2.45) is 0 Å². The van der Waals surface area contributed by atoms with Crippen molar-refractivity contribution in [1.29, 1.82) is 0 Å². The van der Waals surface area contributed by atoms with Gasteiger partial charge in [-0.05, 0) is 24.3 Å². The predicted molar refractivity (Wildman–Crippen MR) is 93.4 cm³/mol. The lowest BCUT2D eigenvalue weighted by molar-refractivity contribution is -0.121. The summed E-state index contributed by atoms with van der Waals surface area (Å²) < 4.78 is 5.80. The number of amides is 1. The van der Waals surface area contributed by atoms with E-state index in [2.05, 4.69) is 10.3 Å². The molecule has 0 spiro atoms. The lowest BCUT2D eigenvalue weighted by Crippen LogP contribution is -2.26. The summed E-state index contributed by atoms with van der Waals surface area (Å²) in [5.41, 5.74) is 2.03. The highest BCUT2D eigenvalue weighted by Gasteiger charge is 2.07. The largest absolute Gasteiger partial charge is 0.461 e. The number of furan rings is 1. The Morgan fingerprint density at radius 1 is 0.958 bits per heavy atom. The average molecular weight is 320 g/mol. The molecule has 0 aliphatic carbocycles. The van der Waals surface area contributed by atoms with Crippen LogP contribution in [0.4, 0.5) is 0 Å². The summed E-state index contributed by atoms with van der Waals surface area (Å²) >= 11 is 0. The lowest BCUT2D eigenvalue weighted by Gasteiger charge is -2.04. The number of hydrogen-bond donors (Lipinski definition) is 1. The first-order valence-corrected chi connectivity index (χ1v) is 8.12. The average Bonchev–Trinajstić information content (AvgIpc) is 3.11. The first kappa shape index (κ1) is 16.0. The smallest absolute Gasteiger partial charge is 0.220 e. The number of carbonyl (C=O) groups excluding carboxylic acids is 1. The maximum absolute atomic E-state index is 11.9. The SMILES string of the molecule is O=C(CCc1ccc(-c2ccccc2)o1)NCCc1ccccn1. The minimum Gasteiger partial charge on any atom is -0.461 e. The number of carbonyl (C=O) groups is 1. The van der Waals surface area contributed by atoms with Gasteiger partial charge < -0.3 is 9.73 Å². The Hall–Kier alpha value is -2.88. The quantitative estimate of drug-likeness (QED) is 0.723. The van der Waals surface area contributed by atoms with Crippen molar-refractivity contribution in [2.45, 2.75) is 19.3 Å². The highest BCUT2D eigenvalue weighted by molar-refractivity contribution is 5.76. The van der Waals surface area contributed by atoms with Gasteiger partial charge in [0.2, 0.25) is 5.91 Å². The van der Waals surface area contributed by atoms with Crippen LogP contribution < -0.4 is 5.32 Å². The minimum absolute atomic E-state index is 0.0311. The fraction of sp³-hybridized carbons (Fsp3) is 0.200. The molecule has 0 unspecified atom stereocenters. The van der Waals surface area contributed by atoms with E-state index in [9.17, 15) is 4.79 Å². The van der Waals surface area contributed by atoms with Gasteiger partial charge in [0.25, 0.3) is 0 Å². The Morgan fingerprint density at radius 3 is 2.58 bits per heavy atom. The molecule has 2 aromatic heterocycles. The third kappa shape index (κ3) is 4.56. The van der Waals surface area contributed by atoms with Gasteiger partial charge in [0.05, 0.1) is 0 Å². The molecular weight excluding hydrogens is 300 g/mol. The number of benzene rings is 1. The van der Waals surface area contributed by atoms with Crippen molar-refractivity contribution in [2.75, 3.05) is 6.54 Å². The number of pyridine rings is 1. The summed E-state index contributed by atoms with van der Waals surface area (Å²) in [5.74, 6) is 1.69. The van der Waals surface area contributed by atoms with Crippen molar-refractivity contribution < 1.29 is 9.21 Å². The molecule has 2 heterocycles. The first-order chi connectivity index (χ1) is 11.8. The van der Waals surface area contributed by atoms with E-state index >= 15 is 0 Å². The minimum atomic E-state index is 0.0311. The summed E-state index contributed by atoms with van der Waals surface area (Å²) in [4.78, 5) is 16.1. The van der Waals surface area contributed by atoms with Gasteiger partial charge in [-0.3, -0.25) is 9.78 Å². The molecule has 0 aliphatic rings. The van der Waals surface area contributed by atoms with Gasteiger partial charge in [-0.25, -0.2) is 0 Å². The van der Waals surface area contributed by atoms with Gasteiger partial charge in [-0.2, -0.15) is 0 Å². The zero-order valence-corrected chi connectivity index (χ0v) is 13.4. The molecule has 0 saturated carbocycles. The number of rotatable bonds is 7. The summed E-state index contributed by atoms with van der Waals surface area (Å²) in [6.45, 7) is 0.600. The molecule has 0 radical (unpaired) electrons. The summed E-state index contributed by atoms with van der Waals surface area (Å²) in [6, 6.07) is 19.6. The van der Waals surface area contributed by atoms with Crippen molar-refractivity contribution >= 4 is 5.91 Å². The van der Waals surface area contributed by atoms with Crippen LogP contribution in [0.1, 0.15) is 17.9 Å². The molecular formula is C20H20N2O2. The van der Waals surface area contributed by atoms with Gasteiger partial charge in [-0.15, -0.1) is 0 Å².